The Morgan fingerprint density at radius 2 is 1.73 bits per heavy atom. The second kappa shape index (κ2) is 9.38. The molecular weight excluding hydrogens is 184 g/mol. The average molecular weight is 206 g/mol. The van der Waals surface area contributed by atoms with Crippen molar-refractivity contribution in [3.8, 4) is 0 Å². The van der Waals surface area contributed by atoms with E-state index >= 15 is 0 Å². The van der Waals surface area contributed by atoms with Crippen molar-refractivity contribution in [2.24, 2.45) is 16.1 Å². The van der Waals surface area contributed by atoms with E-state index in [0.717, 1.165) is 0 Å². The first kappa shape index (κ1) is 13.8. The lowest BCUT2D eigenvalue weighted by atomic mass is 9.91. The van der Waals surface area contributed by atoms with Crippen LogP contribution in [0.1, 0.15) is 39.5 Å². The average Bonchev–Trinajstić information content (AvgIpc) is 2.24. The van der Waals surface area contributed by atoms with Gasteiger partial charge in [0.2, 0.25) is 0 Å². The van der Waals surface area contributed by atoms with E-state index in [9.17, 15) is 0 Å². The van der Waals surface area contributed by atoms with Crippen LogP contribution in [0.4, 0.5) is 0 Å². The summed E-state index contributed by atoms with van der Waals surface area (Å²) in [6.45, 7) is 11.7. The molecule has 0 rings (SSSR count). The van der Waals surface area contributed by atoms with Crippen LogP contribution >= 0.6 is 0 Å². The fourth-order valence-corrected chi connectivity index (χ4v) is 1.65. The molecule has 0 saturated heterocycles. The Labute approximate surface area is 93.5 Å². The van der Waals surface area contributed by atoms with Gasteiger partial charge in [-0.05, 0) is 24.3 Å². The third kappa shape index (κ3) is 6.00. The minimum atomic E-state index is 0.571. The van der Waals surface area contributed by atoms with E-state index in [-0.39, 0.29) is 0 Å². The van der Waals surface area contributed by atoms with Crippen molar-refractivity contribution < 1.29 is 0 Å². The lowest BCUT2D eigenvalue weighted by Crippen LogP contribution is -2.01. The van der Waals surface area contributed by atoms with E-state index in [1.807, 2.05) is 6.08 Å². The van der Waals surface area contributed by atoms with Crippen LogP contribution in [0.3, 0.4) is 0 Å². The summed E-state index contributed by atoms with van der Waals surface area (Å²) in [5, 5.41) is 7.65. The summed E-state index contributed by atoms with van der Waals surface area (Å²) in [6.07, 6.45) is 9.88. The van der Waals surface area contributed by atoms with Crippen LogP contribution in [-0.4, -0.2) is 0 Å². The molecule has 0 aliphatic carbocycles. The Morgan fingerprint density at radius 1 is 1.13 bits per heavy atom. The first-order chi connectivity index (χ1) is 7.29. The van der Waals surface area contributed by atoms with E-state index in [0.29, 0.717) is 5.92 Å². The quantitative estimate of drug-likeness (QED) is 0.400. The molecule has 0 aromatic rings. The Kier molecular flexibility index (Phi) is 8.64. The van der Waals surface area contributed by atoms with Crippen LogP contribution in [0, 0.1) is 5.92 Å². The van der Waals surface area contributed by atoms with Gasteiger partial charge < -0.3 is 0 Å². The summed E-state index contributed by atoms with van der Waals surface area (Å²) in [6, 6.07) is 0. The Bertz CT molecular complexity index is 233. The first-order valence-electron chi connectivity index (χ1n) is 5.63. The van der Waals surface area contributed by atoms with Crippen LogP contribution < -0.4 is 0 Å². The molecule has 0 amide bonds. The highest BCUT2D eigenvalue weighted by molar-refractivity contribution is 5.18. The van der Waals surface area contributed by atoms with Crippen molar-refractivity contribution in [1.29, 1.82) is 0 Å². The van der Waals surface area contributed by atoms with Gasteiger partial charge >= 0.3 is 0 Å². The van der Waals surface area contributed by atoms with E-state index < -0.39 is 0 Å². The molecule has 0 bridgehead atoms. The molecule has 0 spiro atoms. The maximum absolute atomic E-state index is 3.92. The van der Waals surface area contributed by atoms with Crippen molar-refractivity contribution >= 4 is 0 Å². The molecule has 0 N–H and O–H groups in total. The normalized spacial score (nSPS) is 12.3. The predicted molar refractivity (Wildman–Crippen MR) is 66.6 cm³/mol. The van der Waals surface area contributed by atoms with E-state index in [1.165, 1.54) is 37.5 Å². The molecule has 0 aliphatic rings. The maximum atomic E-state index is 3.92. The Hall–Kier alpha value is -1.18. The highest BCUT2D eigenvalue weighted by Crippen LogP contribution is 2.23. The summed E-state index contributed by atoms with van der Waals surface area (Å²) >= 11 is 0. The Balaban J connectivity index is 4.55. The summed E-state index contributed by atoms with van der Waals surface area (Å²) in [5.74, 6) is 0.571. The molecule has 0 aromatic carbocycles. The van der Waals surface area contributed by atoms with Crippen LogP contribution in [0.25, 0.3) is 0 Å². The zero-order valence-electron chi connectivity index (χ0n) is 9.95. The molecule has 0 unspecified atom stereocenters. The third-order valence-corrected chi connectivity index (χ3v) is 2.34. The maximum Gasteiger partial charge on any atom is 0.0530 e. The van der Waals surface area contributed by atoms with Gasteiger partial charge in [-0.1, -0.05) is 45.9 Å². The smallest absolute Gasteiger partial charge is 0.0530 e. The molecule has 2 nitrogen and oxygen atoms in total. The van der Waals surface area contributed by atoms with Gasteiger partial charge in [-0.15, -0.1) is 0 Å². The highest BCUT2D eigenvalue weighted by Gasteiger charge is 2.09. The van der Waals surface area contributed by atoms with Crippen LogP contribution in [0.15, 0.2) is 47.4 Å². The van der Waals surface area contributed by atoms with E-state index in [4.69, 9.17) is 0 Å². The van der Waals surface area contributed by atoms with E-state index in [1.54, 1.807) is 6.20 Å². The summed E-state index contributed by atoms with van der Waals surface area (Å²) < 4.78 is 0. The highest BCUT2D eigenvalue weighted by atomic mass is 15.1. The molecule has 0 radical (unpaired) electrons. The lowest BCUT2D eigenvalue weighted by molar-refractivity contribution is 0.511. The molecule has 0 heterocycles. The molecule has 0 aromatic heterocycles. The van der Waals surface area contributed by atoms with Gasteiger partial charge in [-0.2, -0.15) is 10.2 Å². The number of hydrogen-bond acceptors (Lipinski definition) is 2. The van der Waals surface area contributed by atoms with Crippen LogP contribution in [-0.2, 0) is 0 Å². The van der Waals surface area contributed by atoms with Crippen molar-refractivity contribution in [3.63, 3.8) is 0 Å². The molecule has 0 fully saturated rings. The SMILES string of the molecule is C=CN=N/C=C(\C=C)C(CCC)CCC. The van der Waals surface area contributed by atoms with Crippen molar-refractivity contribution in [2.45, 2.75) is 39.5 Å². The minimum Gasteiger partial charge on any atom is -0.160 e. The predicted octanol–water partition coefficient (Wildman–Crippen LogP) is 4.87. The van der Waals surface area contributed by atoms with Crippen molar-refractivity contribution in [3.05, 3.63) is 37.2 Å². The topological polar surface area (TPSA) is 24.7 Å². The number of nitrogens with zero attached hydrogens (tertiary/aromatic N) is 2. The summed E-state index contributed by atoms with van der Waals surface area (Å²) in [4.78, 5) is 0. The standard InChI is InChI=1S/C13H22N2/c1-5-9-13(10-6-2)12(7-3)11-15-14-8-4/h7-8,11,13H,3-6,9-10H2,1-2H3/b12-11+,15-14?. The van der Waals surface area contributed by atoms with Gasteiger partial charge in [0.15, 0.2) is 0 Å². The van der Waals surface area contributed by atoms with Gasteiger partial charge in [0.1, 0.15) is 0 Å². The molecule has 0 atom stereocenters. The third-order valence-electron chi connectivity index (χ3n) is 2.34. The number of hydrogen-bond donors (Lipinski definition) is 0. The van der Waals surface area contributed by atoms with E-state index in [2.05, 4.69) is 37.2 Å². The number of azo groups is 1. The van der Waals surface area contributed by atoms with Crippen LogP contribution in [0.2, 0.25) is 0 Å². The van der Waals surface area contributed by atoms with Gasteiger partial charge in [-0.25, -0.2) is 0 Å². The second-order valence-electron chi connectivity index (χ2n) is 3.52. The van der Waals surface area contributed by atoms with Crippen LogP contribution in [0.5, 0.6) is 0 Å². The zero-order chi connectivity index (χ0) is 11.5. The van der Waals surface area contributed by atoms with Gasteiger partial charge in [0.25, 0.3) is 0 Å². The monoisotopic (exact) mass is 206 g/mol. The van der Waals surface area contributed by atoms with Gasteiger partial charge in [0, 0.05) is 6.20 Å². The summed E-state index contributed by atoms with van der Waals surface area (Å²) in [5.41, 5.74) is 1.18. The number of rotatable bonds is 8. The Morgan fingerprint density at radius 3 is 2.13 bits per heavy atom. The molecule has 0 aliphatic heterocycles. The fraction of sp³-hybridized carbons (Fsp3) is 0.538. The fourth-order valence-electron chi connectivity index (χ4n) is 1.65. The first-order valence-corrected chi connectivity index (χ1v) is 5.63. The van der Waals surface area contributed by atoms with Gasteiger partial charge in [0.05, 0.1) is 6.20 Å². The molecule has 15 heavy (non-hydrogen) atoms. The largest absolute Gasteiger partial charge is 0.160 e. The van der Waals surface area contributed by atoms with Gasteiger partial charge in [-0.3, -0.25) is 0 Å². The van der Waals surface area contributed by atoms with Crippen molar-refractivity contribution in [1.82, 2.24) is 0 Å². The molecule has 84 valence electrons. The zero-order valence-corrected chi connectivity index (χ0v) is 9.95. The minimum absolute atomic E-state index is 0.571. The lowest BCUT2D eigenvalue weighted by Gasteiger charge is -2.15. The second-order valence-corrected chi connectivity index (χ2v) is 3.52. The molecule has 2 heteroatoms. The van der Waals surface area contributed by atoms with Crippen molar-refractivity contribution in [2.75, 3.05) is 0 Å². The molecular formula is C13H22N2. The number of allylic oxidation sites excluding steroid dienone is 2. The summed E-state index contributed by atoms with van der Waals surface area (Å²) in [7, 11) is 0. The molecule has 0 saturated carbocycles.